The third-order valence-electron chi connectivity index (χ3n) is 4.12. The zero-order valence-electron chi connectivity index (χ0n) is 14.4. The minimum atomic E-state index is 0.498. The van der Waals surface area contributed by atoms with Crippen LogP contribution in [0.2, 0.25) is 0 Å². The zero-order chi connectivity index (χ0) is 17.9. The van der Waals surface area contributed by atoms with Crippen LogP contribution in [0.1, 0.15) is 16.8 Å². The van der Waals surface area contributed by atoms with E-state index in [1.807, 2.05) is 38.1 Å². The first kappa shape index (κ1) is 16.0. The molecule has 0 aliphatic heterocycles. The molecule has 4 heterocycles. The summed E-state index contributed by atoms with van der Waals surface area (Å²) in [6, 6.07) is 7.56. The van der Waals surface area contributed by atoms with Crippen LogP contribution in [0, 0.1) is 13.8 Å². The van der Waals surface area contributed by atoms with Crippen molar-refractivity contribution in [2.24, 2.45) is 0 Å². The maximum atomic E-state index is 5.56. The Hall–Kier alpha value is -3.48. The van der Waals surface area contributed by atoms with Gasteiger partial charge in [-0.25, -0.2) is 9.97 Å². The van der Waals surface area contributed by atoms with Gasteiger partial charge in [0, 0.05) is 30.7 Å². The molecule has 0 amide bonds. The van der Waals surface area contributed by atoms with E-state index in [2.05, 4.69) is 25.4 Å². The van der Waals surface area contributed by atoms with Gasteiger partial charge < -0.3 is 14.3 Å². The highest BCUT2D eigenvalue weighted by molar-refractivity contribution is 5.77. The molecule has 26 heavy (non-hydrogen) atoms. The smallest absolute Gasteiger partial charge is 0.223 e. The van der Waals surface area contributed by atoms with Gasteiger partial charge in [-0.15, -0.1) is 0 Å². The zero-order valence-corrected chi connectivity index (χ0v) is 14.4. The number of anilines is 1. The summed E-state index contributed by atoms with van der Waals surface area (Å²) in [6.07, 6.45) is 6.88. The third kappa shape index (κ3) is 3.06. The number of furan rings is 1. The van der Waals surface area contributed by atoms with Gasteiger partial charge in [0.1, 0.15) is 5.69 Å². The van der Waals surface area contributed by atoms with Crippen molar-refractivity contribution in [2.45, 2.75) is 20.4 Å². The van der Waals surface area contributed by atoms with Gasteiger partial charge in [0.05, 0.1) is 17.5 Å². The highest BCUT2D eigenvalue weighted by Crippen LogP contribution is 2.33. The van der Waals surface area contributed by atoms with Crippen molar-refractivity contribution < 1.29 is 8.94 Å². The molecule has 0 bridgehead atoms. The van der Waals surface area contributed by atoms with Crippen molar-refractivity contribution in [1.29, 1.82) is 0 Å². The predicted molar refractivity (Wildman–Crippen MR) is 96.3 cm³/mol. The minimum Gasteiger partial charge on any atom is -0.463 e. The fourth-order valence-electron chi connectivity index (χ4n) is 2.58. The van der Waals surface area contributed by atoms with Gasteiger partial charge in [-0.05, 0) is 37.6 Å². The molecule has 0 fully saturated rings. The van der Waals surface area contributed by atoms with Crippen molar-refractivity contribution >= 4 is 5.95 Å². The molecule has 7 nitrogen and oxygen atoms in total. The number of aromatic nitrogens is 4. The molecule has 0 saturated carbocycles. The predicted octanol–water partition coefficient (Wildman–Crippen LogP) is 4.02. The number of rotatable bonds is 5. The molecule has 0 radical (unpaired) electrons. The molecule has 0 atom stereocenters. The van der Waals surface area contributed by atoms with Crippen molar-refractivity contribution in [2.75, 3.05) is 5.32 Å². The van der Waals surface area contributed by atoms with E-state index in [-0.39, 0.29) is 0 Å². The topological polar surface area (TPSA) is 89.9 Å². The molecular formula is C19H17N5O2. The Bertz CT molecular complexity index is 1010. The quantitative estimate of drug-likeness (QED) is 0.583. The van der Waals surface area contributed by atoms with Crippen molar-refractivity contribution in [3.05, 3.63) is 65.9 Å². The lowest BCUT2D eigenvalue weighted by Crippen LogP contribution is -2.05. The second kappa shape index (κ2) is 6.79. The SMILES string of the molecule is Cc1noc(-c2cnc(NCc3cccnc3)nc2-c2ccco2)c1C. The van der Waals surface area contributed by atoms with Gasteiger partial charge in [-0.2, -0.15) is 0 Å². The monoisotopic (exact) mass is 347 g/mol. The lowest BCUT2D eigenvalue weighted by molar-refractivity contribution is 0.426. The number of hydrogen-bond acceptors (Lipinski definition) is 7. The first-order valence-corrected chi connectivity index (χ1v) is 8.19. The van der Waals surface area contributed by atoms with Crippen LogP contribution in [-0.2, 0) is 6.54 Å². The van der Waals surface area contributed by atoms with Crippen LogP contribution in [-0.4, -0.2) is 20.1 Å². The Labute approximate surface area is 150 Å². The molecule has 130 valence electrons. The molecular weight excluding hydrogens is 330 g/mol. The third-order valence-corrected chi connectivity index (χ3v) is 4.12. The molecule has 7 heteroatoms. The Balaban J connectivity index is 1.71. The van der Waals surface area contributed by atoms with Crippen molar-refractivity contribution in [3.8, 4) is 22.8 Å². The van der Waals surface area contributed by atoms with E-state index >= 15 is 0 Å². The summed E-state index contributed by atoms with van der Waals surface area (Å²) in [5.41, 5.74) is 4.23. The Morgan fingerprint density at radius 3 is 2.73 bits per heavy atom. The van der Waals surface area contributed by atoms with E-state index in [1.165, 1.54) is 0 Å². The number of nitrogens with one attached hydrogen (secondary N) is 1. The lowest BCUT2D eigenvalue weighted by atomic mass is 10.1. The molecule has 0 spiro atoms. The Morgan fingerprint density at radius 1 is 1.12 bits per heavy atom. The van der Waals surface area contributed by atoms with Gasteiger partial charge in [-0.3, -0.25) is 4.98 Å². The number of aryl methyl sites for hydroxylation is 1. The van der Waals surface area contributed by atoms with Gasteiger partial charge in [-0.1, -0.05) is 11.2 Å². The van der Waals surface area contributed by atoms with E-state index in [9.17, 15) is 0 Å². The van der Waals surface area contributed by atoms with E-state index in [4.69, 9.17) is 8.94 Å². The molecule has 0 saturated heterocycles. The molecule has 0 aliphatic carbocycles. The van der Waals surface area contributed by atoms with E-state index in [0.29, 0.717) is 29.7 Å². The van der Waals surface area contributed by atoms with Crippen LogP contribution in [0.5, 0.6) is 0 Å². The normalized spacial score (nSPS) is 10.8. The maximum absolute atomic E-state index is 5.56. The van der Waals surface area contributed by atoms with E-state index in [0.717, 1.165) is 22.4 Å². The van der Waals surface area contributed by atoms with Gasteiger partial charge in [0.2, 0.25) is 5.95 Å². The first-order valence-electron chi connectivity index (χ1n) is 8.19. The van der Waals surface area contributed by atoms with Gasteiger partial charge >= 0.3 is 0 Å². The van der Waals surface area contributed by atoms with Crippen LogP contribution in [0.3, 0.4) is 0 Å². The van der Waals surface area contributed by atoms with E-state index < -0.39 is 0 Å². The summed E-state index contributed by atoms with van der Waals surface area (Å²) in [5, 5.41) is 7.24. The second-order valence-electron chi connectivity index (χ2n) is 5.87. The fourth-order valence-corrected chi connectivity index (χ4v) is 2.58. The van der Waals surface area contributed by atoms with Crippen LogP contribution < -0.4 is 5.32 Å². The lowest BCUT2D eigenvalue weighted by Gasteiger charge is -2.09. The minimum absolute atomic E-state index is 0.498. The summed E-state index contributed by atoms with van der Waals surface area (Å²) < 4.78 is 11.0. The standard InChI is InChI=1S/C19H17N5O2/c1-12-13(2)24-26-18(12)15-11-22-19(21-10-14-5-3-7-20-9-14)23-17(15)16-6-4-8-25-16/h3-9,11H,10H2,1-2H3,(H,21,22,23). The van der Waals surface area contributed by atoms with Crippen LogP contribution in [0.25, 0.3) is 22.8 Å². The van der Waals surface area contributed by atoms with Crippen molar-refractivity contribution in [3.63, 3.8) is 0 Å². The van der Waals surface area contributed by atoms with Gasteiger partial charge in [0.15, 0.2) is 11.5 Å². The van der Waals surface area contributed by atoms with Crippen LogP contribution in [0.4, 0.5) is 5.95 Å². The first-order chi connectivity index (χ1) is 12.7. The Kier molecular flexibility index (Phi) is 4.18. The molecule has 0 unspecified atom stereocenters. The largest absolute Gasteiger partial charge is 0.463 e. The molecule has 1 N–H and O–H groups in total. The average molecular weight is 347 g/mol. The summed E-state index contributed by atoms with van der Waals surface area (Å²) in [5.74, 6) is 1.78. The molecule has 4 rings (SSSR count). The fraction of sp³-hybridized carbons (Fsp3) is 0.158. The van der Waals surface area contributed by atoms with Crippen molar-refractivity contribution in [1.82, 2.24) is 20.1 Å². The number of pyridine rings is 1. The van der Waals surface area contributed by atoms with Gasteiger partial charge in [0.25, 0.3) is 0 Å². The maximum Gasteiger partial charge on any atom is 0.223 e. The van der Waals surface area contributed by atoms with Crippen LogP contribution in [0.15, 0.2) is 58.1 Å². The summed E-state index contributed by atoms with van der Waals surface area (Å²) in [6.45, 7) is 4.44. The number of hydrogen-bond donors (Lipinski definition) is 1. The molecule has 4 aromatic rings. The summed E-state index contributed by atoms with van der Waals surface area (Å²) >= 11 is 0. The van der Waals surface area contributed by atoms with Crippen LogP contribution >= 0.6 is 0 Å². The Morgan fingerprint density at radius 2 is 2.04 bits per heavy atom. The molecule has 0 aliphatic rings. The second-order valence-corrected chi connectivity index (χ2v) is 5.87. The summed E-state index contributed by atoms with van der Waals surface area (Å²) in [7, 11) is 0. The number of nitrogens with zero attached hydrogens (tertiary/aromatic N) is 4. The highest BCUT2D eigenvalue weighted by Gasteiger charge is 2.20. The highest BCUT2D eigenvalue weighted by atomic mass is 16.5. The average Bonchev–Trinajstić information content (AvgIpc) is 3.32. The van der Waals surface area contributed by atoms with E-state index in [1.54, 1.807) is 24.9 Å². The molecule has 4 aromatic heterocycles. The summed E-state index contributed by atoms with van der Waals surface area (Å²) in [4.78, 5) is 13.2. The molecule has 0 aromatic carbocycles.